The Morgan fingerprint density at radius 3 is 2.62 bits per heavy atom. The first-order chi connectivity index (χ1) is 10.2. The van der Waals surface area contributed by atoms with Crippen molar-refractivity contribution in [3.05, 3.63) is 54.0 Å². The Balaban J connectivity index is 2.12. The second kappa shape index (κ2) is 6.97. The molecule has 1 aromatic heterocycles. The van der Waals surface area contributed by atoms with Gasteiger partial charge in [0.1, 0.15) is 5.76 Å². The largest absolute Gasteiger partial charge is 0.467 e. The van der Waals surface area contributed by atoms with Gasteiger partial charge in [-0.05, 0) is 51.1 Å². The highest BCUT2D eigenvalue weighted by atomic mass is 16.3. The average molecular weight is 286 g/mol. The molecular formula is C17H22N2O2. The number of hydrogen-bond acceptors (Lipinski definition) is 3. The van der Waals surface area contributed by atoms with Crippen LogP contribution in [-0.2, 0) is 0 Å². The number of benzene rings is 1. The van der Waals surface area contributed by atoms with Gasteiger partial charge >= 0.3 is 0 Å². The van der Waals surface area contributed by atoms with E-state index in [1.165, 1.54) is 0 Å². The minimum absolute atomic E-state index is 0.0544. The molecule has 0 fully saturated rings. The van der Waals surface area contributed by atoms with E-state index < -0.39 is 0 Å². The minimum atomic E-state index is 0.0544. The van der Waals surface area contributed by atoms with Gasteiger partial charge in [0.2, 0.25) is 0 Å². The molecule has 21 heavy (non-hydrogen) atoms. The van der Waals surface area contributed by atoms with E-state index in [9.17, 15) is 4.79 Å². The highest BCUT2D eigenvalue weighted by Gasteiger charge is 2.13. The summed E-state index contributed by atoms with van der Waals surface area (Å²) in [5.41, 5.74) is 1.62. The summed E-state index contributed by atoms with van der Waals surface area (Å²) in [6.45, 7) is 7.44. The lowest BCUT2D eigenvalue weighted by molar-refractivity contribution is 0.0773. The van der Waals surface area contributed by atoms with E-state index in [0.717, 1.165) is 24.5 Å². The van der Waals surface area contributed by atoms with Crippen molar-refractivity contribution in [2.24, 2.45) is 0 Å². The molecule has 0 aliphatic rings. The van der Waals surface area contributed by atoms with Crippen LogP contribution in [0.1, 0.15) is 42.9 Å². The number of rotatable bonds is 6. The van der Waals surface area contributed by atoms with Crippen molar-refractivity contribution in [2.45, 2.75) is 26.8 Å². The first-order valence-electron chi connectivity index (χ1n) is 7.35. The number of hydrogen-bond donors (Lipinski definition) is 1. The van der Waals surface area contributed by atoms with E-state index in [1.54, 1.807) is 6.26 Å². The maximum Gasteiger partial charge on any atom is 0.253 e. The molecule has 0 bridgehead atoms. The summed E-state index contributed by atoms with van der Waals surface area (Å²) >= 11 is 0. The molecule has 0 saturated heterocycles. The summed E-state index contributed by atoms with van der Waals surface area (Å²) in [6, 6.07) is 11.4. The molecule has 2 rings (SSSR count). The van der Waals surface area contributed by atoms with E-state index >= 15 is 0 Å². The molecular weight excluding hydrogens is 264 g/mol. The van der Waals surface area contributed by atoms with Gasteiger partial charge in [0, 0.05) is 24.3 Å². The van der Waals surface area contributed by atoms with Crippen molar-refractivity contribution in [3.63, 3.8) is 0 Å². The fraction of sp³-hybridized carbons (Fsp3) is 0.353. The van der Waals surface area contributed by atoms with Crippen LogP contribution < -0.4 is 5.32 Å². The van der Waals surface area contributed by atoms with Crippen molar-refractivity contribution in [1.29, 1.82) is 0 Å². The molecule has 1 N–H and O–H groups in total. The van der Waals surface area contributed by atoms with Gasteiger partial charge in [-0.1, -0.05) is 6.07 Å². The topological polar surface area (TPSA) is 45.5 Å². The van der Waals surface area contributed by atoms with Crippen molar-refractivity contribution < 1.29 is 9.21 Å². The minimum Gasteiger partial charge on any atom is -0.467 e. The summed E-state index contributed by atoms with van der Waals surface area (Å²) < 4.78 is 5.38. The lowest BCUT2D eigenvalue weighted by Gasteiger charge is -2.19. The van der Waals surface area contributed by atoms with Crippen LogP contribution in [0.3, 0.4) is 0 Å². The van der Waals surface area contributed by atoms with Crippen LogP contribution in [-0.4, -0.2) is 23.9 Å². The second-order valence-corrected chi connectivity index (χ2v) is 4.94. The van der Waals surface area contributed by atoms with Crippen LogP contribution in [0.15, 0.2) is 47.1 Å². The molecule has 1 amide bonds. The summed E-state index contributed by atoms with van der Waals surface area (Å²) in [6.07, 6.45) is 1.66. The highest BCUT2D eigenvalue weighted by Crippen LogP contribution is 2.20. The number of carbonyl (C=O) groups excluding carboxylic acids is 1. The summed E-state index contributed by atoms with van der Waals surface area (Å²) in [7, 11) is 0. The van der Waals surface area contributed by atoms with E-state index in [2.05, 4.69) is 5.32 Å². The van der Waals surface area contributed by atoms with Crippen molar-refractivity contribution in [3.8, 4) is 0 Å². The van der Waals surface area contributed by atoms with Crippen LogP contribution in [0, 0.1) is 0 Å². The number of furan rings is 1. The van der Waals surface area contributed by atoms with Gasteiger partial charge in [-0.15, -0.1) is 0 Å². The fourth-order valence-corrected chi connectivity index (χ4v) is 2.29. The Morgan fingerprint density at radius 2 is 2.00 bits per heavy atom. The second-order valence-electron chi connectivity index (χ2n) is 4.94. The maximum atomic E-state index is 12.4. The lowest BCUT2D eigenvalue weighted by Crippen LogP contribution is -2.30. The number of anilines is 1. The summed E-state index contributed by atoms with van der Waals surface area (Å²) in [5, 5.41) is 3.35. The van der Waals surface area contributed by atoms with Crippen LogP contribution in [0.25, 0.3) is 0 Å². The molecule has 4 heteroatoms. The Hall–Kier alpha value is -2.23. The van der Waals surface area contributed by atoms with Gasteiger partial charge in [-0.25, -0.2) is 0 Å². The highest BCUT2D eigenvalue weighted by molar-refractivity contribution is 5.95. The molecule has 1 aromatic carbocycles. The number of nitrogens with zero attached hydrogens (tertiary/aromatic N) is 1. The SMILES string of the molecule is CCN(CC)C(=O)c1cccc(NC(C)c2ccco2)c1. The molecule has 1 unspecified atom stereocenters. The standard InChI is InChI=1S/C17H22N2O2/c1-4-19(5-2)17(20)14-8-6-9-15(12-14)18-13(3)16-10-7-11-21-16/h6-13,18H,4-5H2,1-3H3. The van der Waals surface area contributed by atoms with Gasteiger partial charge in [-0.2, -0.15) is 0 Å². The van der Waals surface area contributed by atoms with Gasteiger partial charge in [0.05, 0.1) is 12.3 Å². The molecule has 0 aliphatic heterocycles. The monoisotopic (exact) mass is 286 g/mol. The predicted molar refractivity (Wildman–Crippen MR) is 84.4 cm³/mol. The molecule has 0 spiro atoms. The molecule has 1 heterocycles. The van der Waals surface area contributed by atoms with Gasteiger partial charge in [-0.3, -0.25) is 4.79 Å². The zero-order valence-corrected chi connectivity index (χ0v) is 12.8. The molecule has 0 saturated carbocycles. The maximum absolute atomic E-state index is 12.4. The molecule has 4 nitrogen and oxygen atoms in total. The summed E-state index contributed by atoms with van der Waals surface area (Å²) in [4.78, 5) is 14.2. The van der Waals surface area contributed by atoms with Crippen molar-refractivity contribution in [1.82, 2.24) is 4.90 Å². The summed E-state index contributed by atoms with van der Waals surface area (Å²) in [5.74, 6) is 0.935. The molecule has 0 radical (unpaired) electrons. The van der Waals surface area contributed by atoms with E-state index in [0.29, 0.717) is 5.56 Å². The Labute approximate surface area is 125 Å². The van der Waals surface area contributed by atoms with Crippen molar-refractivity contribution >= 4 is 11.6 Å². The molecule has 2 aromatic rings. The van der Waals surface area contributed by atoms with Crippen molar-refractivity contribution in [2.75, 3.05) is 18.4 Å². The first kappa shape index (κ1) is 15.2. The third kappa shape index (κ3) is 3.66. The van der Waals surface area contributed by atoms with Crippen LogP contribution in [0.4, 0.5) is 5.69 Å². The predicted octanol–water partition coefficient (Wildman–Crippen LogP) is 3.93. The average Bonchev–Trinajstić information content (AvgIpc) is 3.03. The number of carbonyl (C=O) groups is 1. The van der Waals surface area contributed by atoms with E-state index in [-0.39, 0.29) is 11.9 Å². The molecule has 112 valence electrons. The fourth-order valence-electron chi connectivity index (χ4n) is 2.29. The molecule has 1 atom stereocenters. The van der Waals surface area contributed by atoms with Crippen LogP contribution >= 0.6 is 0 Å². The normalized spacial score (nSPS) is 12.0. The smallest absolute Gasteiger partial charge is 0.253 e. The Bertz CT molecular complexity index is 574. The number of amides is 1. The van der Waals surface area contributed by atoms with Gasteiger partial charge in [0.15, 0.2) is 0 Å². The quantitative estimate of drug-likeness (QED) is 0.875. The zero-order chi connectivity index (χ0) is 15.2. The van der Waals surface area contributed by atoms with E-state index in [1.807, 2.05) is 62.1 Å². The third-order valence-corrected chi connectivity index (χ3v) is 3.51. The Kier molecular flexibility index (Phi) is 5.04. The van der Waals surface area contributed by atoms with Gasteiger partial charge in [0.25, 0.3) is 5.91 Å². The van der Waals surface area contributed by atoms with Crippen LogP contribution in [0.5, 0.6) is 0 Å². The third-order valence-electron chi connectivity index (χ3n) is 3.51. The Morgan fingerprint density at radius 1 is 1.24 bits per heavy atom. The molecule has 0 aliphatic carbocycles. The van der Waals surface area contributed by atoms with Gasteiger partial charge < -0.3 is 14.6 Å². The zero-order valence-electron chi connectivity index (χ0n) is 12.8. The van der Waals surface area contributed by atoms with E-state index in [4.69, 9.17) is 4.42 Å². The van der Waals surface area contributed by atoms with Crippen LogP contribution in [0.2, 0.25) is 0 Å². The number of nitrogens with one attached hydrogen (secondary N) is 1. The first-order valence-corrected chi connectivity index (χ1v) is 7.35. The lowest BCUT2D eigenvalue weighted by atomic mass is 10.1.